The van der Waals surface area contributed by atoms with Crippen molar-refractivity contribution in [1.82, 2.24) is 14.5 Å². The van der Waals surface area contributed by atoms with Crippen molar-refractivity contribution in [3.63, 3.8) is 0 Å². The molecule has 0 saturated carbocycles. The zero-order chi connectivity index (χ0) is 21.0. The van der Waals surface area contributed by atoms with Crippen LogP contribution in [0.5, 0.6) is 0 Å². The summed E-state index contributed by atoms with van der Waals surface area (Å²) < 4.78 is 79.8. The molecule has 1 aromatic carbocycles. The normalized spacial score (nSPS) is 16.1. The molecule has 0 atom stereocenters. The first kappa shape index (κ1) is 19.3. The summed E-state index contributed by atoms with van der Waals surface area (Å²) in [7, 11) is 0. The molecule has 3 aromatic rings. The van der Waals surface area contributed by atoms with Crippen LogP contribution < -0.4 is 0 Å². The number of hydrogen-bond acceptors (Lipinski definition) is 2. The Labute approximate surface area is 160 Å². The molecule has 4 nitrogen and oxygen atoms in total. The van der Waals surface area contributed by atoms with Crippen molar-refractivity contribution in [2.45, 2.75) is 18.6 Å². The summed E-state index contributed by atoms with van der Waals surface area (Å²) in [6.07, 6.45) is -1.95. The maximum Gasteiger partial charge on any atom is 0.419 e. The predicted molar refractivity (Wildman–Crippen MR) is 91.7 cm³/mol. The molecule has 10 heteroatoms. The van der Waals surface area contributed by atoms with Crippen LogP contribution in [0, 0.1) is 5.82 Å². The number of fused-ring (bicyclic) bond motifs is 1. The van der Waals surface area contributed by atoms with Crippen molar-refractivity contribution in [2.24, 2.45) is 0 Å². The predicted octanol–water partition coefficient (Wildman–Crippen LogP) is 4.34. The number of halogens is 6. The molecule has 0 spiro atoms. The Balaban J connectivity index is 1.65. The molecule has 1 saturated heterocycles. The van der Waals surface area contributed by atoms with E-state index in [0.717, 1.165) is 11.0 Å². The minimum absolute atomic E-state index is 0.106. The van der Waals surface area contributed by atoms with Crippen LogP contribution in [0.3, 0.4) is 0 Å². The van der Waals surface area contributed by atoms with E-state index in [9.17, 15) is 31.1 Å². The van der Waals surface area contributed by atoms with Gasteiger partial charge in [0.2, 0.25) is 5.91 Å². The van der Waals surface area contributed by atoms with Gasteiger partial charge in [-0.25, -0.2) is 13.2 Å². The van der Waals surface area contributed by atoms with Gasteiger partial charge in [-0.15, -0.1) is 0 Å². The summed E-state index contributed by atoms with van der Waals surface area (Å²) in [6, 6.07) is 5.75. The third-order valence-electron chi connectivity index (χ3n) is 4.73. The molecule has 4 rings (SSSR count). The Morgan fingerprint density at radius 3 is 2.48 bits per heavy atom. The molecule has 0 radical (unpaired) electrons. The highest BCUT2D eigenvalue weighted by atomic mass is 19.4. The van der Waals surface area contributed by atoms with E-state index in [1.165, 1.54) is 22.9 Å². The van der Waals surface area contributed by atoms with Gasteiger partial charge in [0, 0.05) is 18.0 Å². The largest absolute Gasteiger partial charge is 0.419 e. The smallest absolute Gasteiger partial charge is 0.337 e. The van der Waals surface area contributed by atoms with E-state index in [1.807, 2.05) is 0 Å². The Kier molecular flexibility index (Phi) is 4.32. The van der Waals surface area contributed by atoms with Crippen LogP contribution in [0.15, 0.2) is 42.7 Å². The van der Waals surface area contributed by atoms with Crippen molar-refractivity contribution in [3.05, 3.63) is 54.1 Å². The summed E-state index contributed by atoms with van der Waals surface area (Å²) in [4.78, 5) is 17.3. The summed E-state index contributed by atoms with van der Waals surface area (Å²) in [5.74, 6) is -4.75. The molecule has 1 aliphatic rings. The summed E-state index contributed by atoms with van der Waals surface area (Å²) in [6.45, 7) is -1.48. The van der Waals surface area contributed by atoms with Crippen LogP contribution >= 0.6 is 0 Å². The molecular formula is C19H13F6N3O. The number of nitrogens with zero attached hydrogens (tertiary/aromatic N) is 3. The molecular weight excluding hydrogens is 400 g/mol. The van der Waals surface area contributed by atoms with Gasteiger partial charge < -0.3 is 9.47 Å². The molecule has 1 aliphatic heterocycles. The highest BCUT2D eigenvalue weighted by Gasteiger charge is 2.46. The fourth-order valence-corrected chi connectivity index (χ4v) is 3.22. The van der Waals surface area contributed by atoms with Crippen LogP contribution in [0.4, 0.5) is 26.3 Å². The monoisotopic (exact) mass is 413 g/mol. The van der Waals surface area contributed by atoms with E-state index in [2.05, 4.69) is 4.98 Å². The zero-order valence-corrected chi connectivity index (χ0v) is 14.7. The molecule has 1 amide bonds. The molecule has 3 heterocycles. The number of aromatic nitrogens is 2. The molecule has 0 unspecified atom stereocenters. The number of carbonyl (C=O) groups excluding carboxylic acids is 1. The lowest BCUT2D eigenvalue weighted by atomic mass is 10.0. The van der Waals surface area contributed by atoms with Gasteiger partial charge in [0.15, 0.2) is 0 Å². The summed E-state index contributed by atoms with van der Waals surface area (Å²) in [5.41, 5.74) is -0.0606. The van der Waals surface area contributed by atoms with E-state index < -0.39 is 42.5 Å². The highest BCUT2D eigenvalue weighted by Crippen LogP contribution is 2.35. The fraction of sp³-hybridized carbons (Fsp3) is 0.263. The number of amides is 1. The lowest BCUT2D eigenvalue weighted by Gasteiger charge is -2.38. The van der Waals surface area contributed by atoms with Gasteiger partial charge in [-0.05, 0) is 29.8 Å². The Hall–Kier alpha value is -3.04. The fourth-order valence-electron chi connectivity index (χ4n) is 3.22. The molecule has 152 valence electrons. The van der Waals surface area contributed by atoms with E-state index in [-0.39, 0.29) is 12.1 Å². The molecule has 0 N–H and O–H groups in total. The zero-order valence-electron chi connectivity index (χ0n) is 14.7. The van der Waals surface area contributed by atoms with E-state index >= 15 is 0 Å². The number of pyridine rings is 1. The number of rotatable bonds is 3. The Morgan fingerprint density at radius 2 is 1.83 bits per heavy atom. The molecule has 29 heavy (non-hydrogen) atoms. The Morgan fingerprint density at radius 1 is 1.10 bits per heavy atom. The lowest BCUT2D eigenvalue weighted by molar-refractivity contribution is -0.166. The quantitative estimate of drug-likeness (QED) is 0.600. The first-order valence-corrected chi connectivity index (χ1v) is 8.51. The molecule has 0 aliphatic carbocycles. The number of hydrogen-bond donors (Lipinski definition) is 0. The van der Waals surface area contributed by atoms with Crippen LogP contribution in [0.2, 0.25) is 0 Å². The number of alkyl halides is 5. The van der Waals surface area contributed by atoms with E-state index in [1.54, 1.807) is 12.3 Å². The van der Waals surface area contributed by atoms with Crippen molar-refractivity contribution < 1.29 is 31.1 Å². The third-order valence-corrected chi connectivity index (χ3v) is 4.73. The second-order valence-electron chi connectivity index (χ2n) is 6.87. The van der Waals surface area contributed by atoms with Crippen molar-refractivity contribution in [2.75, 3.05) is 13.1 Å². The van der Waals surface area contributed by atoms with Gasteiger partial charge in [-0.2, -0.15) is 13.2 Å². The molecule has 0 bridgehead atoms. The van der Waals surface area contributed by atoms with Gasteiger partial charge in [-0.3, -0.25) is 9.78 Å². The van der Waals surface area contributed by atoms with Gasteiger partial charge in [-0.1, -0.05) is 6.07 Å². The van der Waals surface area contributed by atoms with Crippen LogP contribution in [0.1, 0.15) is 5.56 Å². The standard InChI is InChI=1S/C19H13F6N3O/c20-14-2-1-11(5-13(14)19(23,24)25)12-6-16-15(26-7-12)3-4-27(16)8-17(29)28-9-18(21,22)10-28/h1-7H,8-10H2. The first-order valence-electron chi connectivity index (χ1n) is 8.51. The highest BCUT2D eigenvalue weighted by molar-refractivity contribution is 5.84. The average Bonchev–Trinajstić information content (AvgIpc) is 3.01. The molecule has 1 fully saturated rings. The van der Waals surface area contributed by atoms with Crippen LogP contribution in [-0.2, 0) is 17.5 Å². The van der Waals surface area contributed by atoms with E-state index in [4.69, 9.17) is 0 Å². The summed E-state index contributed by atoms with van der Waals surface area (Å²) >= 11 is 0. The third kappa shape index (κ3) is 3.66. The van der Waals surface area contributed by atoms with Crippen molar-refractivity contribution in [3.8, 4) is 11.1 Å². The Bertz CT molecular complexity index is 1100. The number of benzene rings is 1. The molecule has 2 aromatic heterocycles. The van der Waals surface area contributed by atoms with E-state index in [0.29, 0.717) is 22.7 Å². The average molecular weight is 413 g/mol. The SMILES string of the molecule is O=C(Cn1ccc2ncc(-c3ccc(F)c(C(F)(F)F)c3)cc21)N1CC(F)(F)C1. The minimum Gasteiger partial charge on any atom is -0.337 e. The topological polar surface area (TPSA) is 38.1 Å². The van der Waals surface area contributed by atoms with Gasteiger partial charge in [0.25, 0.3) is 5.92 Å². The summed E-state index contributed by atoms with van der Waals surface area (Å²) in [5, 5.41) is 0. The van der Waals surface area contributed by atoms with Gasteiger partial charge in [0.1, 0.15) is 12.4 Å². The van der Waals surface area contributed by atoms with Crippen LogP contribution in [0.25, 0.3) is 22.2 Å². The second-order valence-corrected chi connectivity index (χ2v) is 6.87. The number of likely N-dealkylation sites (tertiary alicyclic amines) is 1. The second kappa shape index (κ2) is 6.50. The maximum absolute atomic E-state index is 13.5. The van der Waals surface area contributed by atoms with Crippen molar-refractivity contribution >= 4 is 16.9 Å². The lowest BCUT2D eigenvalue weighted by Crippen LogP contribution is -2.59. The van der Waals surface area contributed by atoms with Gasteiger partial charge in [0.05, 0.1) is 29.7 Å². The minimum atomic E-state index is -4.84. The number of carbonyl (C=O) groups is 1. The maximum atomic E-state index is 13.5. The first-order chi connectivity index (χ1) is 13.5. The van der Waals surface area contributed by atoms with Crippen LogP contribution in [-0.4, -0.2) is 39.4 Å². The van der Waals surface area contributed by atoms with Crippen molar-refractivity contribution in [1.29, 1.82) is 0 Å². The van der Waals surface area contributed by atoms with Gasteiger partial charge >= 0.3 is 6.18 Å².